The first-order valence-electron chi connectivity index (χ1n) is 4.94. The lowest BCUT2D eigenvalue weighted by Crippen LogP contribution is -1.82. The Balaban J connectivity index is 1.99. The van der Waals surface area contributed by atoms with Crippen molar-refractivity contribution in [1.82, 2.24) is 9.97 Å². The summed E-state index contributed by atoms with van der Waals surface area (Å²) >= 11 is 9.15. The fourth-order valence-corrected chi connectivity index (χ4v) is 3.37. The Kier molecular flexibility index (Phi) is 3.01. The van der Waals surface area contributed by atoms with Crippen LogP contribution in [0.4, 0.5) is 0 Å². The van der Waals surface area contributed by atoms with Crippen molar-refractivity contribution in [3.05, 3.63) is 47.1 Å². The minimum Gasteiger partial charge on any atom is -0.235 e. The van der Waals surface area contributed by atoms with Crippen molar-refractivity contribution < 1.29 is 0 Å². The zero-order chi connectivity index (χ0) is 11.7. The van der Waals surface area contributed by atoms with Gasteiger partial charge in [-0.2, -0.15) is 0 Å². The van der Waals surface area contributed by atoms with E-state index in [4.69, 9.17) is 11.6 Å². The maximum atomic E-state index is 5.86. The van der Waals surface area contributed by atoms with Gasteiger partial charge in [0.1, 0.15) is 11.4 Å². The van der Waals surface area contributed by atoms with Crippen molar-refractivity contribution in [3.8, 4) is 0 Å². The molecule has 17 heavy (non-hydrogen) atoms. The van der Waals surface area contributed by atoms with Crippen LogP contribution in [0.3, 0.4) is 0 Å². The number of fused-ring (bicyclic) bond motifs is 1. The number of halogens is 1. The molecule has 2 heterocycles. The smallest absolute Gasteiger partial charge is 0.122 e. The van der Waals surface area contributed by atoms with Crippen LogP contribution in [0.5, 0.6) is 0 Å². The summed E-state index contributed by atoms with van der Waals surface area (Å²) in [6.07, 6.45) is 1.60. The topological polar surface area (TPSA) is 25.8 Å². The molecule has 0 spiro atoms. The highest BCUT2D eigenvalue weighted by Gasteiger charge is 2.06. The van der Waals surface area contributed by atoms with Gasteiger partial charge < -0.3 is 0 Å². The molecule has 0 radical (unpaired) electrons. The summed E-state index contributed by atoms with van der Waals surface area (Å²) in [4.78, 5) is 9.68. The summed E-state index contributed by atoms with van der Waals surface area (Å²) in [7, 11) is 0. The van der Waals surface area contributed by atoms with E-state index < -0.39 is 0 Å². The SMILES string of the molecule is Clc1ccc(Sc2ncnc3ccsc23)cc1. The van der Waals surface area contributed by atoms with Gasteiger partial charge in [0, 0.05) is 9.92 Å². The van der Waals surface area contributed by atoms with E-state index in [1.54, 1.807) is 29.4 Å². The first kappa shape index (κ1) is 11.0. The molecular weight excluding hydrogens is 272 g/mol. The van der Waals surface area contributed by atoms with Crippen molar-refractivity contribution in [3.63, 3.8) is 0 Å². The van der Waals surface area contributed by atoms with E-state index in [0.717, 1.165) is 25.2 Å². The second kappa shape index (κ2) is 4.64. The molecule has 5 heteroatoms. The van der Waals surface area contributed by atoms with Gasteiger partial charge in [-0.25, -0.2) is 9.97 Å². The number of nitrogens with zero attached hydrogens (tertiary/aromatic N) is 2. The molecule has 2 aromatic heterocycles. The maximum absolute atomic E-state index is 5.86. The van der Waals surface area contributed by atoms with Crippen molar-refractivity contribution in [2.24, 2.45) is 0 Å². The van der Waals surface area contributed by atoms with Gasteiger partial charge in [-0.3, -0.25) is 0 Å². The molecule has 0 aliphatic carbocycles. The molecule has 3 aromatic rings. The molecule has 2 nitrogen and oxygen atoms in total. The van der Waals surface area contributed by atoms with Crippen molar-refractivity contribution in [2.45, 2.75) is 9.92 Å². The minimum atomic E-state index is 0.748. The van der Waals surface area contributed by atoms with Crippen LogP contribution < -0.4 is 0 Å². The fraction of sp³-hybridized carbons (Fsp3) is 0. The standard InChI is InChI=1S/C12H7ClN2S2/c13-8-1-3-9(4-2-8)17-12-11-10(5-6-16-11)14-7-15-12/h1-7H. The third-order valence-corrected chi connectivity index (χ3v) is 4.54. The first-order chi connectivity index (χ1) is 8.33. The highest BCUT2D eigenvalue weighted by Crippen LogP contribution is 2.33. The average molecular weight is 279 g/mol. The van der Waals surface area contributed by atoms with Gasteiger partial charge in [-0.15, -0.1) is 11.3 Å². The molecular formula is C12H7ClN2S2. The van der Waals surface area contributed by atoms with E-state index in [1.807, 2.05) is 35.7 Å². The highest BCUT2D eigenvalue weighted by atomic mass is 35.5. The molecule has 0 saturated carbocycles. The molecule has 0 fully saturated rings. The van der Waals surface area contributed by atoms with Gasteiger partial charge >= 0.3 is 0 Å². The zero-order valence-corrected chi connectivity index (χ0v) is 11.0. The van der Waals surface area contributed by atoms with E-state index in [2.05, 4.69) is 9.97 Å². The fourth-order valence-electron chi connectivity index (χ4n) is 1.45. The van der Waals surface area contributed by atoms with E-state index in [-0.39, 0.29) is 0 Å². The summed E-state index contributed by atoms with van der Waals surface area (Å²) in [6.45, 7) is 0. The van der Waals surface area contributed by atoms with Crippen LogP contribution in [0, 0.1) is 0 Å². The van der Waals surface area contributed by atoms with E-state index in [1.165, 1.54) is 0 Å². The first-order valence-corrected chi connectivity index (χ1v) is 7.02. The van der Waals surface area contributed by atoms with Crippen LogP contribution in [0.25, 0.3) is 10.2 Å². The third kappa shape index (κ3) is 2.29. The van der Waals surface area contributed by atoms with E-state index in [9.17, 15) is 0 Å². The molecule has 3 rings (SSSR count). The number of rotatable bonds is 2. The minimum absolute atomic E-state index is 0.748. The largest absolute Gasteiger partial charge is 0.235 e. The van der Waals surface area contributed by atoms with Crippen LogP contribution in [0.1, 0.15) is 0 Å². The van der Waals surface area contributed by atoms with Gasteiger partial charge in [0.25, 0.3) is 0 Å². The number of aromatic nitrogens is 2. The quantitative estimate of drug-likeness (QED) is 0.646. The van der Waals surface area contributed by atoms with Crippen LogP contribution in [-0.4, -0.2) is 9.97 Å². The third-order valence-electron chi connectivity index (χ3n) is 2.24. The Bertz CT molecular complexity index is 649. The number of benzene rings is 1. The van der Waals surface area contributed by atoms with Gasteiger partial charge in [0.2, 0.25) is 0 Å². The Labute approximate surface area is 112 Å². The molecule has 0 saturated heterocycles. The predicted molar refractivity (Wildman–Crippen MR) is 73.0 cm³/mol. The number of hydrogen-bond acceptors (Lipinski definition) is 4. The number of hydrogen-bond donors (Lipinski definition) is 0. The van der Waals surface area contributed by atoms with Crippen LogP contribution in [-0.2, 0) is 0 Å². The normalized spacial score (nSPS) is 10.9. The Morgan fingerprint density at radius 2 is 1.88 bits per heavy atom. The van der Waals surface area contributed by atoms with Crippen LogP contribution in [0.15, 0.2) is 52.0 Å². The molecule has 0 aliphatic heterocycles. The molecule has 0 unspecified atom stereocenters. The van der Waals surface area contributed by atoms with Crippen LogP contribution in [0.2, 0.25) is 5.02 Å². The van der Waals surface area contributed by atoms with Gasteiger partial charge in [-0.05, 0) is 35.7 Å². The summed E-state index contributed by atoms with van der Waals surface area (Å²) < 4.78 is 1.13. The second-order valence-corrected chi connectivity index (χ2v) is 5.78. The monoisotopic (exact) mass is 278 g/mol. The summed E-state index contributed by atoms with van der Waals surface area (Å²) in [5.41, 5.74) is 1.00. The molecule has 0 aliphatic rings. The average Bonchev–Trinajstić information content (AvgIpc) is 2.81. The van der Waals surface area contributed by atoms with Gasteiger partial charge in [-0.1, -0.05) is 23.4 Å². The summed E-state index contributed by atoms with van der Waals surface area (Å²) in [6, 6.07) is 9.77. The van der Waals surface area contributed by atoms with Crippen LogP contribution >= 0.6 is 34.7 Å². The van der Waals surface area contributed by atoms with Gasteiger partial charge in [0.15, 0.2) is 0 Å². The lowest BCUT2D eigenvalue weighted by atomic mass is 10.4. The lowest BCUT2D eigenvalue weighted by molar-refractivity contribution is 1.11. The molecule has 0 atom stereocenters. The lowest BCUT2D eigenvalue weighted by Gasteiger charge is -2.01. The van der Waals surface area contributed by atoms with E-state index in [0.29, 0.717) is 0 Å². The highest BCUT2D eigenvalue weighted by molar-refractivity contribution is 7.99. The molecule has 0 bridgehead atoms. The van der Waals surface area contributed by atoms with Crippen molar-refractivity contribution >= 4 is 44.9 Å². The second-order valence-electron chi connectivity index (χ2n) is 3.37. The van der Waals surface area contributed by atoms with Crippen molar-refractivity contribution in [1.29, 1.82) is 0 Å². The maximum Gasteiger partial charge on any atom is 0.122 e. The van der Waals surface area contributed by atoms with E-state index >= 15 is 0 Å². The Hall–Kier alpha value is -1.10. The molecule has 0 amide bonds. The summed E-state index contributed by atoms with van der Waals surface area (Å²) in [5.74, 6) is 0. The molecule has 1 aromatic carbocycles. The Morgan fingerprint density at radius 3 is 2.71 bits per heavy atom. The zero-order valence-electron chi connectivity index (χ0n) is 8.63. The Morgan fingerprint density at radius 1 is 1.06 bits per heavy atom. The summed E-state index contributed by atoms with van der Waals surface area (Å²) in [5, 5.41) is 3.77. The van der Waals surface area contributed by atoms with Crippen molar-refractivity contribution in [2.75, 3.05) is 0 Å². The molecule has 0 N–H and O–H groups in total. The predicted octanol–water partition coefficient (Wildman–Crippen LogP) is 4.50. The number of thiophene rings is 1. The van der Waals surface area contributed by atoms with Gasteiger partial charge in [0.05, 0.1) is 10.2 Å². The molecule has 84 valence electrons.